The molecule has 15 heteroatoms. The third-order valence-electron chi connectivity index (χ3n) is 8.75. The van der Waals surface area contributed by atoms with E-state index in [0.29, 0.717) is 23.0 Å². The predicted octanol–water partition coefficient (Wildman–Crippen LogP) is 3.76. The number of alkyl halides is 2. The monoisotopic (exact) mass is 645 g/mol. The Bertz CT molecular complexity index is 1540. The average molecular weight is 646 g/mol. The van der Waals surface area contributed by atoms with Crippen LogP contribution in [0.25, 0.3) is 11.1 Å². The second-order valence-electron chi connectivity index (χ2n) is 11.7. The second-order valence-corrected chi connectivity index (χ2v) is 12.9. The predicted molar refractivity (Wildman–Crippen MR) is 164 cm³/mol. The van der Waals surface area contributed by atoms with E-state index in [1.807, 2.05) is 30.1 Å². The average Bonchev–Trinajstić information content (AvgIpc) is 3.36. The first kappa shape index (κ1) is 31.4. The number of amides is 2. The summed E-state index contributed by atoms with van der Waals surface area (Å²) in [4.78, 5) is 47.2. The maximum Gasteiger partial charge on any atom is 0.420 e. The first-order valence-corrected chi connectivity index (χ1v) is 16.4. The quantitative estimate of drug-likeness (QED) is 0.179. The van der Waals surface area contributed by atoms with Gasteiger partial charge >= 0.3 is 12.4 Å². The molecule has 3 aliphatic heterocycles. The van der Waals surface area contributed by atoms with Crippen LogP contribution in [0.2, 0.25) is 0 Å². The number of imide groups is 1. The van der Waals surface area contributed by atoms with Crippen LogP contribution in [0.4, 0.5) is 14.7 Å². The molecule has 0 spiro atoms. The maximum absolute atomic E-state index is 12.6. The van der Waals surface area contributed by atoms with Crippen molar-refractivity contribution in [1.29, 1.82) is 0 Å². The molecule has 0 saturated carbocycles. The van der Waals surface area contributed by atoms with E-state index >= 15 is 0 Å². The van der Waals surface area contributed by atoms with Crippen LogP contribution in [-0.2, 0) is 9.59 Å². The Hall–Kier alpha value is -3.56. The van der Waals surface area contributed by atoms with Crippen molar-refractivity contribution in [3.8, 4) is 5.75 Å². The Morgan fingerprint density at radius 3 is 2.51 bits per heavy atom. The van der Waals surface area contributed by atoms with Gasteiger partial charge in [0.1, 0.15) is 6.04 Å². The molecule has 0 aliphatic carbocycles. The molecule has 12 nitrogen and oxygen atoms in total. The number of halogens is 2. The highest BCUT2D eigenvalue weighted by Crippen LogP contribution is 2.32. The van der Waals surface area contributed by atoms with Crippen molar-refractivity contribution in [3.63, 3.8) is 0 Å². The van der Waals surface area contributed by atoms with Gasteiger partial charge < -0.3 is 19.4 Å². The standard InChI is InChI=1S/C30H37F2N7O5S/c31-28(32)43-22-17-33-29(34-18-22)35-21-8-13-38(14-9-21)45-15-1-10-37-11-6-19(7-12-37)20-2-3-23-25(16-20)44-30(42)39(23)24-4-5-26(40)36-27(24)41/h2-3,16-19,21,24,28H,1,4-15H2,(H,33,34,35)(H,36,40,41). The molecule has 0 radical (unpaired) electrons. The van der Waals surface area contributed by atoms with Crippen LogP contribution in [0.1, 0.15) is 62.5 Å². The third-order valence-corrected chi connectivity index (χ3v) is 9.95. The lowest BCUT2D eigenvalue weighted by molar-refractivity contribution is -0.135. The molecule has 3 aliphatic rings. The number of nitrogens with one attached hydrogen (secondary N) is 2. The van der Waals surface area contributed by atoms with Gasteiger partial charge in [0.25, 0.3) is 0 Å². The fraction of sp³-hybridized carbons (Fsp3) is 0.567. The molecule has 1 unspecified atom stereocenters. The largest absolute Gasteiger partial charge is 0.432 e. The molecule has 0 bridgehead atoms. The third kappa shape index (κ3) is 7.82. The van der Waals surface area contributed by atoms with Crippen LogP contribution < -0.4 is 21.1 Å². The number of aromatic nitrogens is 3. The van der Waals surface area contributed by atoms with Gasteiger partial charge in [-0.3, -0.25) is 23.8 Å². The summed E-state index contributed by atoms with van der Waals surface area (Å²) in [6, 6.07) is 5.33. The van der Waals surface area contributed by atoms with Gasteiger partial charge in [-0.15, -0.1) is 0 Å². The summed E-state index contributed by atoms with van der Waals surface area (Å²) in [6.45, 7) is 2.12. The molecule has 1 atom stereocenters. The molecule has 3 fully saturated rings. The number of rotatable bonds is 11. The number of ether oxygens (including phenoxy) is 1. The zero-order valence-electron chi connectivity index (χ0n) is 24.8. The van der Waals surface area contributed by atoms with Gasteiger partial charge in [0, 0.05) is 31.3 Å². The zero-order valence-corrected chi connectivity index (χ0v) is 25.6. The van der Waals surface area contributed by atoms with Crippen LogP contribution >= 0.6 is 11.9 Å². The lowest BCUT2D eigenvalue weighted by Crippen LogP contribution is -2.43. The minimum Gasteiger partial charge on any atom is -0.432 e. The first-order valence-electron chi connectivity index (χ1n) is 15.4. The highest BCUT2D eigenvalue weighted by molar-refractivity contribution is 7.97. The van der Waals surface area contributed by atoms with Gasteiger partial charge in [0.15, 0.2) is 11.3 Å². The highest BCUT2D eigenvalue weighted by Gasteiger charge is 2.31. The number of fused-ring (bicyclic) bond motifs is 1. The number of oxazole rings is 1. The number of anilines is 1. The Balaban J connectivity index is 0.893. The summed E-state index contributed by atoms with van der Waals surface area (Å²) >= 11 is 1.89. The van der Waals surface area contributed by atoms with Gasteiger partial charge in [0.2, 0.25) is 17.8 Å². The summed E-state index contributed by atoms with van der Waals surface area (Å²) in [6.07, 6.45) is 8.06. The molecule has 2 aromatic heterocycles. The molecule has 1 aromatic carbocycles. The molecule has 2 amide bonds. The summed E-state index contributed by atoms with van der Waals surface area (Å²) in [5.74, 6) is 0.448. The van der Waals surface area contributed by atoms with E-state index in [0.717, 1.165) is 76.1 Å². The number of carbonyl (C=O) groups excluding carboxylic acids is 2. The Morgan fingerprint density at radius 2 is 1.80 bits per heavy atom. The Kier molecular flexibility index (Phi) is 9.95. The number of benzene rings is 1. The minimum atomic E-state index is -2.89. The number of hydrogen-bond donors (Lipinski definition) is 2. The number of likely N-dealkylation sites (tertiary alicyclic amines) is 1. The smallest absolute Gasteiger partial charge is 0.420 e. The van der Waals surface area contributed by atoms with Crippen LogP contribution in [-0.4, -0.2) is 86.7 Å². The van der Waals surface area contributed by atoms with Crippen molar-refractivity contribution in [3.05, 3.63) is 46.7 Å². The van der Waals surface area contributed by atoms with Crippen molar-refractivity contribution in [2.45, 2.75) is 69.6 Å². The van der Waals surface area contributed by atoms with E-state index in [9.17, 15) is 23.2 Å². The molecule has 5 heterocycles. The summed E-state index contributed by atoms with van der Waals surface area (Å²) < 4.78 is 38.2. The van der Waals surface area contributed by atoms with Gasteiger partial charge in [-0.25, -0.2) is 14.8 Å². The topological polar surface area (TPSA) is 135 Å². The molecule has 3 aromatic rings. The number of nitrogens with zero attached hydrogens (tertiary/aromatic N) is 5. The molecule has 2 N–H and O–H groups in total. The van der Waals surface area contributed by atoms with Crippen LogP contribution in [0.3, 0.4) is 0 Å². The van der Waals surface area contributed by atoms with E-state index in [2.05, 4.69) is 34.5 Å². The highest BCUT2D eigenvalue weighted by atomic mass is 32.2. The van der Waals surface area contributed by atoms with E-state index in [-0.39, 0.29) is 30.5 Å². The Labute approximate surface area is 263 Å². The van der Waals surface area contributed by atoms with Gasteiger partial charge in [-0.05, 0) is 81.8 Å². The van der Waals surface area contributed by atoms with Crippen molar-refractivity contribution >= 4 is 40.8 Å². The van der Waals surface area contributed by atoms with Crippen LogP contribution in [0.15, 0.2) is 39.8 Å². The fourth-order valence-corrected chi connectivity index (χ4v) is 7.35. The minimum absolute atomic E-state index is 0.0550. The van der Waals surface area contributed by atoms with Crippen LogP contribution in [0.5, 0.6) is 5.75 Å². The molecule has 242 valence electrons. The molecular formula is C30H37F2N7O5S. The summed E-state index contributed by atoms with van der Waals surface area (Å²) in [7, 11) is 0. The maximum atomic E-state index is 12.6. The molecule has 6 rings (SSSR count). The van der Waals surface area contributed by atoms with E-state index < -0.39 is 24.3 Å². The van der Waals surface area contributed by atoms with E-state index in [1.54, 1.807) is 0 Å². The second kappa shape index (κ2) is 14.3. The number of hydrogen-bond acceptors (Lipinski definition) is 11. The van der Waals surface area contributed by atoms with Crippen molar-refractivity contribution < 1.29 is 27.5 Å². The van der Waals surface area contributed by atoms with Gasteiger partial charge in [-0.2, -0.15) is 8.78 Å². The normalized spacial score (nSPS) is 21.0. The fourth-order valence-electron chi connectivity index (χ4n) is 6.37. The van der Waals surface area contributed by atoms with E-state index in [1.165, 1.54) is 17.0 Å². The lowest BCUT2D eigenvalue weighted by Gasteiger charge is -2.33. The molecule has 45 heavy (non-hydrogen) atoms. The molecular weight excluding hydrogens is 608 g/mol. The van der Waals surface area contributed by atoms with Crippen molar-refractivity contribution in [2.24, 2.45) is 0 Å². The summed E-state index contributed by atoms with van der Waals surface area (Å²) in [5.41, 5.74) is 2.20. The van der Waals surface area contributed by atoms with Crippen molar-refractivity contribution in [1.82, 2.24) is 29.1 Å². The zero-order chi connectivity index (χ0) is 31.3. The van der Waals surface area contributed by atoms with Gasteiger partial charge in [0.05, 0.1) is 17.9 Å². The summed E-state index contributed by atoms with van der Waals surface area (Å²) in [5, 5.41) is 5.60. The lowest BCUT2D eigenvalue weighted by atomic mass is 9.89. The van der Waals surface area contributed by atoms with Crippen LogP contribution in [0, 0.1) is 0 Å². The Morgan fingerprint density at radius 1 is 1.04 bits per heavy atom. The molecule has 3 saturated heterocycles. The van der Waals surface area contributed by atoms with Gasteiger partial charge in [-0.1, -0.05) is 18.0 Å². The number of carbonyl (C=O) groups is 2. The SMILES string of the molecule is O=C1CCC(n2c(=O)oc3cc(C4CCN(CCCSN5CCC(Nc6ncc(OC(F)F)cn6)CC5)CC4)ccc32)C(=O)N1. The van der Waals surface area contributed by atoms with Crippen molar-refractivity contribution in [2.75, 3.05) is 43.8 Å². The first-order chi connectivity index (χ1) is 21.8. The van der Waals surface area contributed by atoms with E-state index in [4.69, 9.17) is 4.42 Å². The number of piperidine rings is 3.